The predicted octanol–water partition coefficient (Wildman–Crippen LogP) is -0.591. The Bertz CT molecular complexity index is 485. The van der Waals surface area contributed by atoms with Crippen molar-refractivity contribution in [2.75, 3.05) is 20.1 Å². The Balaban J connectivity index is 1.87. The number of rotatable bonds is 5. The molecule has 0 aromatic carbocycles. The van der Waals surface area contributed by atoms with Gasteiger partial charge in [0.15, 0.2) is 0 Å². The molecule has 0 fully saturated rings. The molecule has 0 radical (unpaired) electrons. The summed E-state index contributed by atoms with van der Waals surface area (Å²) in [5.41, 5.74) is 1.95. The number of nitrogens with zero attached hydrogens (tertiary/aromatic N) is 2. The number of nitrogens with one attached hydrogen (secondary N) is 3. The molecule has 1 aromatic rings. The standard InChI is InChI=1S/C13H21N5O2/c1-3-4-14-12(19)7-18(2)13(20)10-5-9-11(6-15-10)17-8-16-9/h8,10,15H,3-7H2,1-2H3,(H,14,19)(H,16,17). The highest BCUT2D eigenvalue weighted by Crippen LogP contribution is 2.13. The lowest BCUT2D eigenvalue weighted by Crippen LogP contribution is -2.50. The first-order valence-corrected chi connectivity index (χ1v) is 6.88. The minimum atomic E-state index is -0.310. The van der Waals surface area contributed by atoms with Crippen molar-refractivity contribution in [2.24, 2.45) is 0 Å². The van der Waals surface area contributed by atoms with Crippen LogP contribution in [0.2, 0.25) is 0 Å². The molecule has 1 aromatic heterocycles. The summed E-state index contributed by atoms with van der Waals surface area (Å²) in [4.78, 5) is 32.6. The lowest BCUT2D eigenvalue weighted by molar-refractivity contribution is -0.136. The second kappa shape index (κ2) is 6.51. The fraction of sp³-hybridized carbons (Fsp3) is 0.615. The lowest BCUT2D eigenvalue weighted by Gasteiger charge is -2.26. The molecule has 3 N–H and O–H groups in total. The highest BCUT2D eigenvalue weighted by molar-refractivity contribution is 5.87. The molecule has 1 atom stereocenters. The smallest absolute Gasteiger partial charge is 0.240 e. The molecule has 2 amide bonds. The number of hydrogen-bond donors (Lipinski definition) is 3. The third kappa shape index (κ3) is 3.36. The van der Waals surface area contributed by atoms with Crippen LogP contribution in [0.25, 0.3) is 0 Å². The van der Waals surface area contributed by atoms with Crippen LogP contribution in [0, 0.1) is 0 Å². The van der Waals surface area contributed by atoms with Crippen LogP contribution in [0.4, 0.5) is 0 Å². The van der Waals surface area contributed by atoms with E-state index in [4.69, 9.17) is 0 Å². The minimum absolute atomic E-state index is 0.0784. The van der Waals surface area contributed by atoms with Crippen LogP contribution in [0.15, 0.2) is 6.33 Å². The molecule has 2 rings (SSSR count). The minimum Gasteiger partial charge on any atom is -0.355 e. The summed E-state index contributed by atoms with van der Waals surface area (Å²) in [6, 6.07) is -0.310. The molecular weight excluding hydrogens is 258 g/mol. The Labute approximate surface area is 118 Å². The largest absolute Gasteiger partial charge is 0.355 e. The number of amides is 2. The number of H-pyrrole nitrogens is 1. The van der Waals surface area contributed by atoms with E-state index in [0.29, 0.717) is 19.5 Å². The van der Waals surface area contributed by atoms with Gasteiger partial charge in [0.1, 0.15) is 0 Å². The monoisotopic (exact) mass is 279 g/mol. The SMILES string of the molecule is CCCNC(=O)CN(C)C(=O)C1Cc2nc[nH]c2CN1. The van der Waals surface area contributed by atoms with Crippen molar-refractivity contribution in [3.8, 4) is 0 Å². The Kier molecular flexibility index (Phi) is 4.73. The van der Waals surface area contributed by atoms with E-state index in [9.17, 15) is 9.59 Å². The average Bonchev–Trinajstić information content (AvgIpc) is 2.91. The maximum atomic E-state index is 12.3. The summed E-state index contributed by atoms with van der Waals surface area (Å²) in [5.74, 6) is -0.204. The molecule has 0 aliphatic carbocycles. The van der Waals surface area contributed by atoms with Crippen LogP contribution >= 0.6 is 0 Å². The van der Waals surface area contributed by atoms with Gasteiger partial charge >= 0.3 is 0 Å². The average molecular weight is 279 g/mol. The Morgan fingerprint density at radius 1 is 1.55 bits per heavy atom. The molecule has 0 spiro atoms. The molecule has 7 nitrogen and oxygen atoms in total. The van der Waals surface area contributed by atoms with Crippen molar-refractivity contribution in [3.05, 3.63) is 17.7 Å². The maximum absolute atomic E-state index is 12.3. The summed E-state index contributed by atoms with van der Waals surface area (Å²) >= 11 is 0. The number of likely N-dealkylation sites (N-methyl/N-ethyl adjacent to an activating group) is 1. The molecule has 20 heavy (non-hydrogen) atoms. The predicted molar refractivity (Wildman–Crippen MR) is 73.9 cm³/mol. The van der Waals surface area contributed by atoms with Gasteiger partial charge in [-0.25, -0.2) is 4.98 Å². The van der Waals surface area contributed by atoms with Gasteiger partial charge in [-0.3, -0.25) is 14.9 Å². The van der Waals surface area contributed by atoms with Crippen LogP contribution in [-0.2, 0) is 22.6 Å². The quantitative estimate of drug-likeness (QED) is 0.672. The van der Waals surface area contributed by atoms with Gasteiger partial charge in [-0.05, 0) is 6.42 Å². The van der Waals surface area contributed by atoms with E-state index in [-0.39, 0.29) is 24.4 Å². The van der Waals surface area contributed by atoms with Gasteiger partial charge in [-0.15, -0.1) is 0 Å². The van der Waals surface area contributed by atoms with Crippen LogP contribution in [0.5, 0.6) is 0 Å². The second-order valence-electron chi connectivity index (χ2n) is 5.01. The summed E-state index contributed by atoms with van der Waals surface area (Å²) in [7, 11) is 1.65. The van der Waals surface area contributed by atoms with Gasteiger partial charge in [0.25, 0.3) is 0 Å². The van der Waals surface area contributed by atoms with E-state index >= 15 is 0 Å². The number of carbonyl (C=O) groups is 2. The Morgan fingerprint density at radius 2 is 2.35 bits per heavy atom. The van der Waals surface area contributed by atoms with Gasteiger partial charge in [0.05, 0.1) is 30.3 Å². The molecule has 1 unspecified atom stereocenters. The van der Waals surface area contributed by atoms with Crippen LogP contribution in [0.1, 0.15) is 24.7 Å². The summed E-state index contributed by atoms with van der Waals surface area (Å²) in [6.07, 6.45) is 3.08. The van der Waals surface area contributed by atoms with Gasteiger partial charge < -0.3 is 15.2 Å². The number of fused-ring (bicyclic) bond motifs is 1. The van der Waals surface area contributed by atoms with E-state index in [1.807, 2.05) is 6.92 Å². The first kappa shape index (κ1) is 14.5. The van der Waals surface area contributed by atoms with Crippen molar-refractivity contribution in [1.82, 2.24) is 25.5 Å². The molecule has 7 heteroatoms. The number of aromatic amines is 1. The van der Waals surface area contributed by atoms with E-state index in [0.717, 1.165) is 17.8 Å². The molecule has 1 aliphatic heterocycles. The summed E-state index contributed by atoms with van der Waals surface area (Å²) in [6.45, 7) is 3.31. The van der Waals surface area contributed by atoms with E-state index in [1.54, 1.807) is 13.4 Å². The summed E-state index contributed by atoms with van der Waals surface area (Å²) < 4.78 is 0. The zero-order chi connectivity index (χ0) is 14.5. The number of imidazole rings is 1. The van der Waals surface area contributed by atoms with Crippen molar-refractivity contribution < 1.29 is 9.59 Å². The first-order valence-electron chi connectivity index (χ1n) is 6.88. The first-order chi connectivity index (χ1) is 9.61. The van der Waals surface area contributed by atoms with Crippen LogP contribution in [0.3, 0.4) is 0 Å². The number of hydrogen-bond acceptors (Lipinski definition) is 4. The molecule has 110 valence electrons. The molecule has 1 aliphatic rings. The zero-order valence-corrected chi connectivity index (χ0v) is 11.9. The third-order valence-corrected chi connectivity index (χ3v) is 3.36. The zero-order valence-electron chi connectivity index (χ0n) is 11.9. The molecular formula is C13H21N5O2. The van der Waals surface area contributed by atoms with Crippen molar-refractivity contribution in [2.45, 2.75) is 32.4 Å². The summed E-state index contributed by atoms with van der Waals surface area (Å²) in [5, 5.41) is 5.93. The number of aromatic nitrogens is 2. The van der Waals surface area contributed by atoms with Crippen molar-refractivity contribution in [1.29, 1.82) is 0 Å². The molecule has 0 saturated heterocycles. The second-order valence-corrected chi connectivity index (χ2v) is 5.01. The van der Waals surface area contributed by atoms with Gasteiger partial charge in [-0.1, -0.05) is 6.92 Å². The van der Waals surface area contributed by atoms with E-state index < -0.39 is 0 Å². The Morgan fingerprint density at radius 3 is 3.10 bits per heavy atom. The fourth-order valence-electron chi connectivity index (χ4n) is 2.22. The molecule has 0 bridgehead atoms. The Hall–Kier alpha value is -1.89. The lowest BCUT2D eigenvalue weighted by atomic mass is 10.0. The highest BCUT2D eigenvalue weighted by atomic mass is 16.2. The fourth-order valence-corrected chi connectivity index (χ4v) is 2.22. The van der Waals surface area contributed by atoms with E-state index in [2.05, 4.69) is 20.6 Å². The normalized spacial score (nSPS) is 17.4. The van der Waals surface area contributed by atoms with Crippen molar-refractivity contribution >= 4 is 11.8 Å². The van der Waals surface area contributed by atoms with Gasteiger partial charge in [-0.2, -0.15) is 0 Å². The molecule has 0 saturated carbocycles. The maximum Gasteiger partial charge on any atom is 0.240 e. The third-order valence-electron chi connectivity index (χ3n) is 3.36. The topological polar surface area (TPSA) is 90.1 Å². The molecule has 2 heterocycles. The number of carbonyl (C=O) groups excluding carboxylic acids is 2. The van der Waals surface area contributed by atoms with Gasteiger partial charge in [0, 0.05) is 26.6 Å². The van der Waals surface area contributed by atoms with Crippen LogP contribution in [-0.4, -0.2) is 52.9 Å². The van der Waals surface area contributed by atoms with Crippen LogP contribution < -0.4 is 10.6 Å². The van der Waals surface area contributed by atoms with Crippen molar-refractivity contribution in [3.63, 3.8) is 0 Å². The highest BCUT2D eigenvalue weighted by Gasteiger charge is 2.28. The van der Waals surface area contributed by atoms with Gasteiger partial charge in [0.2, 0.25) is 11.8 Å². The van der Waals surface area contributed by atoms with E-state index in [1.165, 1.54) is 4.90 Å².